The summed E-state index contributed by atoms with van der Waals surface area (Å²) in [6, 6.07) is 10.4. The third kappa shape index (κ3) is 9.24. The Labute approximate surface area is 140 Å². The smallest absolute Gasteiger partial charge is 0.410 e. The summed E-state index contributed by atoms with van der Waals surface area (Å²) in [7, 11) is 0. The Morgan fingerprint density at radius 3 is 2.22 bits per heavy atom. The first kappa shape index (κ1) is 19.5. The standard InChI is InChI=1S/C19H31NO3/c1-19(2,3)23-18(22)20(15-9-10-16-21)14-8-7-13-17-11-5-4-6-12-17/h4-6,11-12,21H,7-10,13-16H2,1-3H3. The van der Waals surface area contributed by atoms with E-state index in [1.165, 1.54) is 5.56 Å². The number of benzene rings is 1. The molecule has 0 heterocycles. The maximum Gasteiger partial charge on any atom is 0.410 e. The van der Waals surface area contributed by atoms with Crippen LogP contribution < -0.4 is 0 Å². The molecule has 0 unspecified atom stereocenters. The molecule has 0 spiro atoms. The highest BCUT2D eigenvalue weighted by atomic mass is 16.6. The van der Waals surface area contributed by atoms with Crippen molar-refractivity contribution >= 4 is 6.09 Å². The second-order valence-electron chi connectivity index (χ2n) is 6.84. The van der Waals surface area contributed by atoms with E-state index in [9.17, 15) is 4.79 Å². The molecule has 1 N–H and O–H groups in total. The second-order valence-corrected chi connectivity index (χ2v) is 6.84. The Balaban J connectivity index is 2.40. The Hall–Kier alpha value is -1.55. The number of carbonyl (C=O) groups excluding carboxylic acids is 1. The molecule has 0 radical (unpaired) electrons. The highest BCUT2D eigenvalue weighted by Crippen LogP contribution is 2.12. The van der Waals surface area contributed by atoms with Gasteiger partial charge in [0, 0.05) is 19.7 Å². The van der Waals surface area contributed by atoms with Crippen LogP contribution in [-0.4, -0.2) is 41.4 Å². The number of rotatable bonds is 9. The quantitative estimate of drug-likeness (QED) is 0.699. The van der Waals surface area contributed by atoms with Crippen molar-refractivity contribution in [3.8, 4) is 0 Å². The highest BCUT2D eigenvalue weighted by molar-refractivity contribution is 5.68. The van der Waals surface area contributed by atoms with Crippen molar-refractivity contribution in [3.05, 3.63) is 35.9 Å². The topological polar surface area (TPSA) is 49.8 Å². The lowest BCUT2D eigenvalue weighted by Gasteiger charge is -2.27. The summed E-state index contributed by atoms with van der Waals surface area (Å²) in [5, 5.41) is 8.91. The van der Waals surface area contributed by atoms with Crippen LogP contribution in [0.2, 0.25) is 0 Å². The number of hydrogen-bond acceptors (Lipinski definition) is 3. The van der Waals surface area contributed by atoms with Gasteiger partial charge in [0.05, 0.1) is 0 Å². The minimum atomic E-state index is -0.476. The summed E-state index contributed by atoms with van der Waals surface area (Å²) in [6.07, 6.45) is 4.28. The number of aliphatic hydroxyl groups excluding tert-OH is 1. The lowest BCUT2D eigenvalue weighted by molar-refractivity contribution is 0.0241. The number of unbranched alkanes of at least 4 members (excludes halogenated alkanes) is 2. The van der Waals surface area contributed by atoms with Gasteiger partial charge in [0.1, 0.15) is 5.60 Å². The molecule has 0 saturated carbocycles. The maximum absolute atomic E-state index is 12.3. The van der Waals surface area contributed by atoms with Gasteiger partial charge in [0.25, 0.3) is 0 Å². The fourth-order valence-corrected chi connectivity index (χ4v) is 2.31. The molecule has 0 aliphatic heterocycles. The van der Waals surface area contributed by atoms with E-state index < -0.39 is 5.60 Å². The maximum atomic E-state index is 12.3. The molecule has 0 atom stereocenters. The van der Waals surface area contributed by atoms with Crippen molar-refractivity contribution in [2.75, 3.05) is 19.7 Å². The van der Waals surface area contributed by atoms with Crippen molar-refractivity contribution in [2.24, 2.45) is 0 Å². The Kier molecular flexibility index (Phi) is 8.70. The van der Waals surface area contributed by atoms with Gasteiger partial charge in [-0.15, -0.1) is 0 Å². The third-order valence-electron chi connectivity index (χ3n) is 3.47. The van der Waals surface area contributed by atoms with Gasteiger partial charge in [-0.1, -0.05) is 30.3 Å². The molecule has 130 valence electrons. The van der Waals surface area contributed by atoms with Crippen molar-refractivity contribution in [2.45, 2.75) is 58.5 Å². The first-order valence-corrected chi connectivity index (χ1v) is 8.55. The molecule has 1 aromatic carbocycles. The number of carbonyl (C=O) groups is 1. The average molecular weight is 321 g/mol. The van der Waals surface area contributed by atoms with Gasteiger partial charge in [-0.2, -0.15) is 0 Å². The Bertz CT molecular complexity index is 440. The van der Waals surface area contributed by atoms with E-state index in [2.05, 4.69) is 24.3 Å². The summed E-state index contributed by atoms with van der Waals surface area (Å²) >= 11 is 0. The van der Waals surface area contributed by atoms with E-state index in [1.807, 2.05) is 26.8 Å². The fraction of sp³-hybridized carbons (Fsp3) is 0.632. The van der Waals surface area contributed by atoms with Crippen LogP contribution in [0.3, 0.4) is 0 Å². The minimum absolute atomic E-state index is 0.163. The number of aryl methyl sites for hydroxylation is 1. The van der Waals surface area contributed by atoms with Gasteiger partial charge in [0.15, 0.2) is 0 Å². The zero-order chi connectivity index (χ0) is 17.1. The van der Waals surface area contributed by atoms with Crippen LogP contribution >= 0.6 is 0 Å². The highest BCUT2D eigenvalue weighted by Gasteiger charge is 2.21. The van der Waals surface area contributed by atoms with Crippen LogP contribution in [0.25, 0.3) is 0 Å². The first-order chi connectivity index (χ1) is 10.9. The fourth-order valence-electron chi connectivity index (χ4n) is 2.31. The van der Waals surface area contributed by atoms with Gasteiger partial charge in [-0.25, -0.2) is 4.79 Å². The lowest BCUT2D eigenvalue weighted by atomic mass is 10.1. The van der Waals surface area contributed by atoms with E-state index >= 15 is 0 Å². The summed E-state index contributed by atoms with van der Waals surface area (Å²) in [6.45, 7) is 7.15. The summed E-state index contributed by atoms with van der Waals surface area (Å²) in [5.41, 5.74) is 0.854. The van der Waals surface area contributed by atoms with Crippen molar-refractivity contribution in [1.82, 2.24) is 4.90 Å². The number of hydrogen-bond donors (Lipinski definition) is 1. The SMILES string of the molecule is CC(C)(C)OC(=O)N(CCCCO)CCCCc1ccccc1. The number of ether oxygens (including phenoxy) is 1. The first-order valence-electron chi connectivity index (χ1n) is 8.55. The summed E-state index contributed by atoms with van der Waals surface area (Å²) in [4.78, 5) is 14.0. The largest absolute Gasteiger partial charge is 0.444 e. The molecule has 4 nitrogen and oxygen atoms in total. The predicted octanol–water partition coefficient (Wildman–Crippen LogP) is 4.02. The molecule has 0 fully saturated rings. The normalized spacial score (nSPS) is 11.3. The third-order valence-corrected chi connectivity index (χ3v) is 3.47. The molecule has 0 bridgehead atoms. The molecule has 4 heteroatoms. The predicted molar refractivity (Wildman–Crippen MR) is 93.5 cm³/mol. The Morgan fingerprint density at radius 2 is 1.65 bits per heavy atom. The van der Waals surface area contributed by atoms with Crippen LogP contribution in [0.5, 0.6) is 0 Å². The zero-order valence-electron chi connectivity index (χ0n) is 14.8. The van der Waals surface area contributed by atoms with Crippen molar-refractivity contribution in [1.29, 1.82) is 0 Å². The molecule has 0 aliphatic carbocycles. The van der Waals surface area contributed by atoms with E-state index in [4.69, 9.17) is 9.84 Å². The van der Waals surface area contributed by atoms with E-state index in [0.29, 0.717) is 19.5 Å². The number of aliphatic hydroxyl groups is 1. The molecule has 0 aromatic heterocycles. The molecule has 1 aromatic rings. The molecular formula is C19H31NO3. The van der Waals surface area contributed by atoms with Gasteiger partial charge < -0.3 is 14.7 Å². The summed E-state index contributed by atoms with van der Waals surface area (Å²) in [5.74, 6) is 0. The van der Waals surface area contributed by atoms with E-state index in [0.717, 1.165) is 25.7 Å². The van der Waals surface area contributed by atoms with Crippen LogP contribution in [-0.2, 0) is 11.2 Å². The lowest BCUT2D eigenvalue weighted by Crippen LogP contribution is -2.38. The van der Waals surface area contributed by atoms with Crippen LogP contribution in [0.1, 0.15) is 52.0 Å². The van der Waals surface area contributed by atoms with E-state index in [-0.39, 0.29) is 12.7 Å². The molecule has 1 rings (SSSR count). The minimum Gasteiger partial charge on any atom is -0.444 e. The molecule has 0 saturated heterocycles. The van der Waals surface area contributed by atoms with E-state index in [1.54, 1.807) is 4.90 Å². The van der Waals surface area contributed by atoms with Gasteiger partial charge in [0.2, 0.25) is 0 Å². The molecule has 1 amide bonds. The van der Waals surface area contributed by atoms with Gasteiger partial charge in [-0.05, 0) is 58.4 Å². The zero-order valence-corrected chi connectivity index (χ0v) is 14.8. The molecule has 23 heavy (non-hydrogen) atoms. The van der Waals surface area contributed by atoms with Crippen molar-refractivity contribution in [3.63, 3.8) is 0 Å². The van der Waals surface area contributed by atoms with Crippen molar-refractivity contribution < 1.29 is 14.6 Å². The van der Waals surface area contributed by atoms with Gasteiger partial charge in [-0.3, -0.25) is 0 Å². The second kappa shape index (κ2) is 10.3. The van der Waals surface area contributed by atoms with Crippen LogP contribution in [0, 0.1) is 0 Å². The molecular weight excluding hydrogens is 290 g/mol. The van der Waals surface area contributed by atoms with Gasteiger partial charge >= 0.3 is 6.09 Å². The average Bonchev–Trinajstić information content (AvgIpc) is 2.49. The summed E-state index contributed by atoms with van der Waals surface area (Å²) < 4.78 is 5.47. The van der Waals surface area contributed by atoms with Crippen LogP contribution in [0.4, 0.5) is 4.79 Å². The number of amides is 1. The monoisotopic (exact) mass is 321 g/mol. The Morgan fingerprint density at radius 1 is 1.04 bits per heavy atom. The molecule has 0 aliphatic rings. The number of nitrogens with zero attached hydrogens (tertiary/aromatic N) is 1. The van der Waals surface area contributed by atoms with Crippen LogP contribution in [0.15, 0.2) is 30.3 Å².